The summed E-state index contributed by atoms with van der Waals surface area (Å²) in [5, 5.41) is 4.71. The predicted molar refractivity (Wildman–Crippen MR) is 189 cm³/mol. The highest BCUT2D eigenvalue weighted by Gasteiger charge is 2.35. The van der Waals surface area contributed by atoms with Crippen molar-refractivity contribution in [2.45, 2.75) is 19.3 Å². The molecule has 0 unspecified atom stereocenters. The summed E-state index contributed by atoms with van der Waals surface area (Å²) in [6.45, 7) is 4.67. The summed E-state index contributed by atoms with van der Waals surface area (Å²) >= 11 is 0. The Morgan fingerprint density at radius 3 is 2.09 bits per heavy atom. The van der Waals surface area contributed by atoms with Crippen LogP contribution < -0.4 is 4.90 Å². The summed E-state index contributed by atoms with van der Waals surface area (Å²) in [6.07, 6.45) is 0. The lowest BCUT2D eigenvalue weighted by atomic mass is 9.82. The van der Waals surface area contributed by atoms with Gasteiger partial charge in [-0.3, -0.25) is 0 Å². The molecule has 0 N–H and O–H groups in total. The lowest BCUT2D eigenvalue weighted by Crippen LogP contribution is -2.15. The number of anilines is 3. The van der Waals surface area contributed by atoms with Crippen LogP contribution in [0.15, 0.2) is 156 Å². The smallest absolute Gasteiger partial charge is 0.143 e. The number of rotatable bonds is 4. The van der Waals surface area contributed by atoms with Crippen LogP contribution >= 0.6 is 0 Å². The Hall–Kier alpha value is -5.60. The number of para-hydroxylation sites is 2. The highest BCUT2D eigenvalue weighted by molar-refractivity contribution is 6.10. The van der Waals surface area contributed by atoms with Crippen LogP contribution in [0, 0.1) is 0 Å². The lowest BCUT2D eigenvalue weighted by Gasteiger charge is -2.28. The van der Waals surface area contributed by atoms with Crippen LogP contribution in [0.1, 0.15) is 25.0 Å². The Morgan fingerprint density at radius 1 is 0.489 bits per heavy atom. The number of hydrogen-bond acceptors (Lipinski definition) is 2. The molecular weight excluding hydrogens is 546 g/mol. The molecule has 0 aliphatic heterocycles. The van der Waals surface area contributed by atoms with Crippen LogP contribution in [0.5, 0.6) is 0 Å². The third-order valence-corrected chi connectivity index (χ3v) is 9.65. The normalized spacial score (nSPS) is 13.3. The second-order valence-electron chi connectivity index (χ2n) is 12.6. The minimum absolute atomic E-state index is 0.0418. The number of nitrogens with zero attached hydrogens (tertiary/aromatic N) is 1. The molecule has 1 aliphatic rings. The molecule has 2 nitrogen and oxygen atoms in total. The zero-order valence-electron chi connectivity index (χ0n) is 25.3. The Bertz CT molecular complexity index is 2420. The largest absolute Gasteiger partial charge is 0.455 e. The Kier molecular flexibility index (Phi) is 5.58. The van der Waals surface area contributed by atoms with Crippen molar-refractivity contribution in [2.75, 3.05) is 4.90 Å². The monoisotopic (exact) mass is 577 g/mol. The quantitative estimate of drug-likeness (QED) is 0.207. The Morgan fingerprint density at radius 2 is 1.16 bits per heavy atom. The summed E-state index contributed by atoms with van der Waals surface area (Å²) in [5.74, 6) is 0. The van der Waals surface area contributed by atoms with Crippen LogP contribution in [-0.2, 0) is 5.41 Å². The second kappa shape index (κ2) is 9.70. The molecular formula is C43H31NO. The average Bonchev–Trinajstić information content (AvgIpc) is 3.57. The summed E-state index contributed by atoms with van der Waals surface area (Å²) in [6, 6.07) is 54.7. The Labute approximate surface area is 262 Å². The molecule has 0 spiro atoms. The maximum absolute atomic E-state index is 6.45. The van der Waals surface area contributed by atoms with Gasteiger partial charge in [-0.05, 0) is 69.6 Å². The minimum atomic E-state index is -0.0418. The van der Waals surface area contributed by atoms with Crippen LogP contribution in [-0.4, -0.2) is 0 Å². The van der Waals surface area contributed by atoms with Gasteiger partial charge in [0.05, 0.1) is 5.69 Å². The zero-order chi connectivity index (χ0) is 30.1. The lowest BCUT2D eigenvalue weighted by molar-refractivity contribution is 0.660. The number of hydrogen-bond donors (Lipinski definition) is 0. The van der Waals surface area contributed by atoms with Crippen molar-refractivity contribution in [3.8, 4) is 22.3 Å². The van der Waals surface area contributed by atoms with Gasteiger partial charge in [-0.2, -0.15) is 0 Å². The van der Waals surface area contributed by atoms with Crippen molar-refractivity contribution in [1.82, 2.24) is 0 Å². The van der Waals surface area contributed by atoms with Crippen molar-refractivity contribution in [3.63, 3.8) is 0 Å². The molecule has 9 rings (SSSR count). The van der Waals surface area contributed by atoms with E-state index in [2.05, 4.69) is 158 Å². The maximum atomic E-state index is 6.45. The first-order chi connectivity index (χ1) is 22.1. The number of fused-ring (bicyclic) bond motifs is 7. The van der Waals surface area contributed by atoms with E-state index in [1.807, 2.05) is 12.1 Å². The van der Waals surface area contributed by atoms with Gasteiger partial charge in [0.15, 0.2) is 0 Å². The molecule has 1 heterocycles. The third-order valence-electron chi connectivity index (χ3n) is 9.65. The zero-order valence-corrected chi connectivity index (χ0v) is 25.3. The maximum Gasteiger partial charge on any atom is 0.143 e. The second-order valence-corrected chi connectivity index (χ2v) is 12.6. The van der Waals surface area contributed by atoms with E-state index in [1.165, 1.54) is 33.0 Å². The minimum Gasteiger partial charge on any atom is -0.455 e. The first-order valence-corrected chi connectivity index (χ1v) is 15.6. The molecule has 0 radical (unpaired) electrons. The van der Waals surface area contributed by atoms with Gasteiger partial charge in [0.1, 0.15) is 11.2 Å². The van der Waals surface area contributed by atoms with Gasteiger partial charge in [-0.15, -0.1) is 0 Å². The van der Waals surface area contributed by atoms with Gasteiger partial charge in [-0.25, -0.2) is 0 Å². The fourth-order valence-corrected chi connectivity index (χ4v) is 7.46. The van der Waals surface area contributed by atoms with Crippen molar-refractivity contribution >= 4 is 49.8 Å². The molecule has 45 heavy (non-hydrogen) atoms. The fraction of sp³-hybridized carbons (Fsp3) is 0.0698. The fourth-order valence-electron chi connectivity index (χ4n) is 7.46. The molecule has 0 saturated carbocycles. The summed E-state index contributed by atoms with van der Waals surface area (Å²) in [7, 11) is 0. The van der Waals surface area contributed by atoms with Crippen LogP contribution in [0.2, 0.25) is 0 Å². The van der Waals surface area contributed by atoms with E-state index >= 15 is 0 Å². The van der Waals surface area contributed by atoms with E-state index in [0.717, 1.165) is 50.1 Å². The van der Waals surface area contributed by atoms with Crippen LogP contribution in [0.3, 0.4) is 0 Å². The van der Waals surface area contributed by atoms with E-state index in [1.54, 1.807) is 0 Å². The highest BCUT2D eigenvalue weighted by Crippen LogP contribution is 2.51. The SMILES string of the molecule is CC1(C)c2ccccc2-c2cc(N(c3cccc(-c4cccc5c4oc4ccccc45)c3)c3cccc4ccccc34)ccc21. The molecule has 1 aliphatic carbocycles. The van der Waals surface area contributed by atoms with E-state index in [0.29, 0.717) is 0 Å². The van der Waals surface area contributed by atoms with Gasteiger partial charge >= 0.3 is 0 Å². The summed E-state index contributed by atoms with van der Waals surface area (Å²) in [5.41, 5.74) is 12.8. The van der Waals surface area contributed by atoms with Gasteiger partial charge < -0.3 is 9.32 Å². The van der Waals surface area contributed by atoms with Crippen molar-refractivity contribution in [1.29, 1.82) is 0 Å². The van der Waals surface area contributed by atoms with Gasteiger partial charge in [0.2, 0.25) is 0 Å². The van der Waals surface area contributed by atoms with E-state index in [9.17, 15) is 0 Å². The molecule has 8 aromatic rings. The molecule has 2 heteroatoms. The average molecular weight is 578 g/mol. The molecule has 214 valence electrons. The van der Waals surface area contributed by atoms with E-state index in [-0.39, 0.29) is 5.41 Å². The van der Waals surface area contributed by atoms with Crippen molar-refractivity contribution < 1.29 is 4.42 Å². The standard InChI is InChI=1S/C43H31NO/c1-43(2)38-21-7-5-17-34(38)37-27-31(24-25-39(37)43)44(40-22-10-13-28-12-3-4-16-32(28)40)30-15-9-14-29(26-30)33-19-11-20-36-35-18-6-8-23-41(35)45-42(33)36/h3-27H,1-2H3. The van der Waals surface area contributed by atoms with Crippen molar-refractivity contribution in [3.05, 3.63) is 163 Å². The first kappa shape index (κ1) is 25.9. The summed E-state index contributed by atoms with van der Waals surface area (Å²) in [4.78, 5) is 2.42. The predicted octanol–water partition coefficient (Wildman–Crippen LogP) is 12.2. The van der Waals surface area contributed by atoms with Crippen molar-refractivity contribution in [2.24, 2.45) is 0 Å². The third kappa shape index (κ3) is 3.89. The van der Waals surface area contributed by atoms with Gasteiger partial charge in [0, 0.05) is 38.5 Å². The highest BCUT2D eigenvalue weighted by atomic mass is 16.3. The van der Waals surface area contributed by atoms with Crippen LogP contribution in [0.25, 0.3) is 55.0 Å². The molecule has 0 atom stereocenters. The van der Waals surface area contributed by atoms with Crippen LogP contribution in [0.4, 0.5) is 17.1 Å². The van der Waals surface area contributed by atoms with E-state index in [4.69, 9.17) is 4.42 Å². The first-order valence-electron chi connectivity index (χ1n) is 15.6. The summed E-state index contributed by atoms with van der Waals surface area (Å²) < 4.78 is 6.45. The molecule has 0 bridgehead atoms. The molecule has 0 saturated heterocycles. The number of benzene rings is 7. The Balaban J connectivity index is 1.27. The topological polar surface area (TPSA) is 16.4 Å². The molecule has 0 fully saturated rings. The van der Waals surface area contributed by atoms with Gasteiger partial charge in [0.25, 0.3) is 0 Å². The molecule has 7 aromatic carbocycles. The van der Waals surface area contributed by atoms with E-state index < -0.39 is 0 Å². The molecule has 0 amide bonds. The molecule has 1 aromatic heterocycles. The number of furan rings is 1. The van der Waals surface area contributed by atoms with Gasteiger partial charge in [-0.1, -0.05) is 129 Å².